The van der Waals surface area contributed by atoms with Crippen molar-refractivity contribution >= 4 is 5.91 Å². The summed E-state index contributed by atoms with van der Waals surface area (Å²) in [5, 5.41) is 9.61. The number of aryl methyl sites for hydroxylation is 1. The molecular weight excluding hydrogens is 292 g/mol. The van der Waals surface area contributed by atoms with Crippen molar-refractivity contribution in [3.8, 4) is 0 Å². The van der Waals surface area contributed by atoms with Crippen molar-refractivity contribution < 1.29 is 9.21 Å². The lowest BCUT2D eigenvalue weighted by Gasteiger charge is -2.14. The highest BCUT2D eigenvalue weighted by Crippen LogP contribution is 2.28. The number of hydrogen-bond acceptors (Lipinski definition) is 4. The molecule has 0 aliphatic carbocycles. The van der Waals surface area contributed by atoms with Crippen molar-refractivity contribution in [1.82, 2.24) is 20.5 Å². The molecule has 2 N–H and O–H groups in total. The lowest BCUT2D eigenvalue weighted by atomic mass is 9.93. The molecule has 0 saturated carbocycles. The first-order chi connectivity index (χ1) is 11.2. The lowest BCUT2D eigenvalue weighted by molar-refractivity contribution is -0.121. The van der Waals surface area contributed by atoms with Crippen molar-refractivity contribution in [3.63, 3.8) is 0 Å². The van der Waals surface area contributed by atoms with Gasteiger partial charge in [0.2, 0.25) is 5.91 Å². The van der Waals surface area contributed by atoms with Crippen LogP contribution in [0, 0.1) is 6.92 Å². The maximum atomic E-state index is 12.3. The molecule has 23 heavy (non-hydrogen) atoms. The van der Waals surface area contributed by atoms with Gasteiger partial charge < -0.3 is 9.73 Å². The summed E-state index contributed by atoms with van der Waals surface area (Å²) >= 11 is 0. The first-order valence-electron chi connectivity index (χ1n) is 7.45. The Bertz CT molecular complexity index is 750. The number of aromatic amines is 1. The molecule has 1 aromatic carbocycles. The molecule has 6 nitrogen and oxygen atoms in total. The molecule has 3 aromatic rings. The maximum Gasteiger partial charge on any atom is 0.221 e. The number of hydrogen-bond donors (Lipinski definition) is 2. The van der Waals surface area contributed by atoms with E-state index in [2.05, 4.69) is 20.5 Å². The van der Waals surface area contributed by atoms with Crippen LogP contribution in [0.4, 0.5) is 0 Å². The van der Waals surface area contributed by atoms with Gasteiger partial charge >= 0.3 is 0 Å². The van der Waals surface area contributed by atoms with E-state index in [1.54, 1.807) is 6.26 Å². The number of nitrogens with one attached hydrogen (secondary N) is 2. The van der Waals surface area contributed by atoms with Gasteiger partial charge in [-0.3, -0.25) is 9.89 Å². The van der Waals surface area contributed by atoms with Crippen LogP contribution in [0.15, 0.2) is 53.1 Å². The third-order valence-electron chi connectivity index (χ3n) is 3.57. The number of carbonyl (C=O) groups is 1. The number of aromatic nitrogens is 3. The fourth-order valence-corrected chi connectivity index (χ4v) is 2.46. The van der Waals surface area contributed by atoms with E-state index in [1.165, 1.54) is 0 Å². The molecule has 0 aliphatic heterocycles. The van der Waals surface area contributed by atoms with Crippen LogP contribution in [0.3, 0.4) is 0 Å². The zero-order valence-corrected chi connectivity index (χ0v) is 12.8. The monoisotopic (exact) mass is 310 g/mol. The summed E-state index contributed by atoms with van der Waals surface area (Å²) in [4.78, 5) is 16.5. The average molecular weight is 310 g/mol. The Labute approximate surface area is 133 Å². The first kappa shape index (κ1) is 15.0. The molecule has 0 spiro atoms. The van der Waals surface area contributed by atoms with Crippen LogP contribution in [0.1, 0.15) is 35.3 Å². The average Bonchev–Trinajstić information content (AvgIpc) is 3.23. The Kier molecular flexibility index (Phi) is 4.52. The summed E-state index contributed by atoms with van der Waals surface area (Å²) in [6.07, 6.45) is 1.93. The molecule has 118 valence electrons. The van der Waals surface area contributed by atoms with Crippen molar-refractivity contribution in [2.45, 2.75) is 25.8 Å². The van der Waals surface area contributed by atoms with Gasteiger partial charge in [0.1, 0.15) is 11.6 Å². The van der Waals surface area contributed by atoms with Crippen LogP contribution in [0.25, 0.3) is 0 Å². The number of benzene rings is 1. The van der Waals surface area contributed by atoms with Gasteiger partial charge in [-0.15, -0.1) is 0 Å². The number of furan rings is 1. The van der Waals surface area contributed by atoms with Gasteiger partial charge in [0.15, 0.2) is 5.82 Å². The number of amides is 1. The van der Waals surface area contributed by atoms with Crippen LogP contribution < -0.4 is 5.32 Å². The van der Waals surface area contributed by atoms with Gasteiger partial charge in [-0.05, 0) is 24.6 Å². The molecule has 0 saturated heterocycles. The quantitative estimate of drug-likeness (QED) is 0.733. The van der Waals surface area contributed by atoms with Crippen molar-refractivity contribution in [2.24, 2.45) is 0 Å². The lowest BCUT2D eigenvalue weighted by Crippen LogP contribution is -2.25. The molecule has 2 heterocycles. The fourth-order valence-electron chi connectivity index (χ4n) is 2.46. The van der Waals surface area contributed by atoms with E-state index < -0.39 is 0 Å². The highest BCUT2D eigenvalue weighted by atomic mass is 16.3. The second-order valence-electron chi connectivity index (χ2n) is 5.30. The number of nitrogens with zero attached hydrogens (tertiary/aromatic N) is 2. The predicted molar refractivity (Wildman–Crippen MR) is 84.6 cm³/mol. The zero-order valence-electron chi connectivity index (χ0n) is 12.8. The van der Waals surface area contributed by atoms with Crippen molar-refractivity contribution in [2.75, 3.05) is 0 Å². The van der Waals surface area contributed by atoms with Crippen LogP contribution in [-0.2, 0) is 11.3 Å². The van der Waals surface area contributed by atoms with E-state index in [0.717, 1.165) is 17.1 Å². The zero-order chi connectivity index (χ0) is 16.1. The molecule has 6 heteroatoms. The van der Waals surface area contributed by atoms with Gasteiger partial charge in [-0.1, -0.05) is 30.3 Å². The molecule has 0 unspecified atom stereocenters. The topological polar surface area (TPSA) is 83.8 Å². The SMILES string of the molecule is Cc1nc(CNC(=O)C[C@@H](c2ccccc2)c2ccco2)n[nH]1. The predicted octanol–water partition coefficient (Wildman–Crippen LogP) is 2.54. The Hall–Kier alpha value is -2.89. The van der Waals surface area contributed by atoms with Crippen molar-refractivity contribution in [1.29, 1.82) is 0 Å². The van der Waals surface area contributed by atoms with E-state index >= 15 is 0 Å². The van der Waals surface area contributed by atoms with Crippen molar-refractivity contribution in [3.05, 3.63) is 71.7 Å². The fraction of sp³-hybridized carbons (Fsp3) is 0.235. The molecule has 2 aromatic heterocycles. The van der Waals surface area contributed by atoms with E-state index in [1.807, 2.05) is 49.4 Å². The summed E-state index contributed by atoms with van der Waals surface area (Å²) < 4.78 is 5.51. The van der Waals surface area contributed by atoms with E-state index in [0.29, 0.717) is 18.8 Å². The van der Waals surface area contributed by atoms with E-state index in [-0.39, 0.29) is 11.8 Å². The molecule has 0 aliphatic rings. The molecule has 0 radical (unpaired) electrons. The maximum absolute atomic E-state index is 12.3. The Balaban J connectivity index is 1.67. The normalized spacial score (nSPS) is 12.0. The summed E-state index contributed by atoms with van der Waals surface area (Å²) in [5.74, 6) is 1.90. The summed E-state index contributed by atoms with van der Waals surface area (Å²) in [6.45, 7) is 2.13. The summed E-state index contributed by atoms with van der Waals surface area (Å²) in [7, 11) is 0. The van der Waals surface area contributed by atoms with Gasteiger partial charge in [0.05, 0.1) is 18.7 Å². The van der Waals surface area contributed by atoms with Gasteiger partial charge in [0, 0.05) is 6.42 Å². The summed E-state index contributed by atoms with van der Waals surface area (Å²) in [6, 6.07) is 13.6. The van der Waals surface area contributed by atoms with E-state index in [4.69, 9.17) is 4.42 Å². The highest BCUT2D eigenvalue weighted by Gasteiger charge is 2.20. The Morgan fingerprint density at radius 1 is 1.26 bits per heavy atom. The Morgan fingerprint density at radius 2 is 2.09 bits per heavy atom. The van der Waals surface area contributed by atoms with Crippen LogP contribution >= 0.6 is 0 Å². The summed E-state index contributed by atoms with van der Waals surface area (Å²) in [5.41, 5.74) is 1.05. The minimum absolute atomic E-state index is 0.0716. The van der Waals surface area contributed by atoms with Crippen LogP contribution in [-0.4, -0.2) is 21.1 Å². The van der Waals surface area contributed by atoms with Gasteiger partial charge in [0.25, 0.3) is 0 Å². The Morgan fingerprint density at radius 3 is 2.74 bits per heavy atom. The first-order valence-corrected chi connectivity index (χ1v) is 7.45. The molecule has 3 rings (SSSR count). The third-order valence-corrected chi connectivity index (χ3v) is 3.57. The minimum atomic E-state index is -0.111. The molecule has 1 atom stereocenters. The minimum Gasteiger partial charge on any atom is -0.469 e. The largest absolute Gasteiger partial charge is 0.469 e. The standard InChI is InChI=1S/C17H18N4O2/c1-12-19-16(21-20-12)11-18-17(22)10-14(15-8-5-9-23-15)13-6-3-2-4-7-13/h2-9,14H,10-11H2,1H3,(H,18,22)(H,19,20,21)/t14-/m0/s1. The smallest absolute Gasteiger partial charge is 0.221 e. The van der Waals surface area contributed by atoms with Gasteiger partial charge in [-0.2, -0.15) is 5.10 Å². The number of carbonyl (C=O) groups excluding carboxylic acids is 1. The number of rotatable bonds is 6. The molecular formula is C17H18N4O2. The second-order valence-corrected chi connectivity index (χ2v) is 5.30. The van der Waals surface area contributed by atoms with E-state index in [9.17, 15) is 4.79 Å². The third kappa shape index (κ3) is 3.85. The van der Waals surface area contributed by atoms with Crippen LogP contribution in [0.2, 0.25) is 0 Å². The van der Waals surface area contributed by atoms with Crippen LogP contribution in [0.5, 0.6) is 0 Å². The second kappa shape index (κ2) is 6.91. The molecule has 0 bridgehead atoms. The number of H-pyrrole nitrogens is 1. The highest BCUT2D eigenvalue weighted by molar-refractivity contribution is 5.77. The molecule has 0 fully saturated rings. The molecule has 1 amide bonds. The van der Waals surface area contributed by atoms with Gasteiger partial charge in [-0.25, -0.2) is 4.98 Å².